The average molecular weight is 505 g/mol. The molecule has 200 valence electrons. The van der Waals surface area contributed by atoms with E-state index in [1.807, 2.05) is 30.3 Å². The Morgan fingerprint density at radius 3 is 2.61 bits per heavy atom. The molecular formula is C25H40N6O5. The average Bonchev–Trinajstić information content (AvgIpc) is 3.30. The van der Waals surface area contributed by atoms with Crippen molar-refractivity contribution in [2.45, 2.75) is 70.7 Å². The number of amides is 3. The number of carbonyl (C=O) groups excluding carboxylic acids is 3. The van der Waals surface area contributed by atoms with Crippen LogP contribution in [0.3, 0.4) is 0 Å². The number of guanidine groups is 1. The van der Waals surface area contributed by atoms with Gasteiger partial charge in [-0.05, 0) is 52.0 Å². The summed E-state index contributed by atoms with van der Waals surface area (Å²) < 4.78 is 10.8. The number of ether oxygens (including phenoxy) is 2. The molecule has 1 fully saturated rings. The lowest BCUT2D eigenvalue weighted by Gasteiger charge is -2.26. The zero-order chi connectivity index (χ0) is 26.6. The summed E-state index contributed by atoms with van der Waals surface area (Å²) in [6, 6.07) is 8.10. The van der Waals surface area contributed by atoms with Gasteiger partial charge in [-0.1, -0.05) is 30.3 Å². The quantitative estimate of drug-likeness (QED) is 0.200. The van der Waals surface area contributed by atoms with Crippen molar-refractivity contribution in [3.05, 3.63) is 35.9 Å². The van der Waals surface area contributed by atoms with Crippen LogP contribution in [0.15, 0.2) is 35.3 Å². The topological polar surface area (TPSA) is 161 Å². The molecule has 0 aromatic heterocycles. The van der Waals surface area contributed by atoms with Gasteiger partial charge in [0.2, 0.25) is 11.8 Å². The Balaban J connectivity index is 1.70. The molecule has 0 unspecified atom stereocenters. The van der Waals surface area contributed by atoms with E-state index in [2.05, 4.69) is 15.6 Å². The molecule has 2 rings (SSSR count). The highest BCUT2D eigenvalue weighted by Gasteiger charge is 2.36. The molecule has 6 N–H and O–H groups in total. The van der Waals surface area contributed by atoms with Crippen LogP contribution in [0.4, 0.5) is 4.79 Å². The van der Waals surface area contributed by atoms with Gasteiger partial charge in [0.05, 0.1) is 13.2 Å². The fourth-order valence-corrected chi connectivity index (χ4v) is 3.66. The maximum absolute atomic E-state index is 12.8. The minimum Gasteiger partial charge on any atom is -0.444 e. The van der Waals surface area contributed by atoms with Gasteiger partial charge in [-0.2, -0.15) is 0 Å². The summed E-state index contributed by atoms with van der Waals surface area (Å²) in [6.07, 6.45) is 2.11. The second kappa shape index (κ2) is 14.4. The van der Waals surface area contributed by atoms with Gasteiger partial charge in [-0.15, -0.1) is 0 Å². The van der Waals surface area contributed by atoms with Gasteiger partial charge in [0, 0.05) is 19.6 Å². The standard InChI is InChI=1S/C25H40N6O5/c1-25(2,3)36-24(34)29-14-8-7-13-28-23(27)30-21(32)20-12-9-15-31(20)22(33)19(26)17-35-16-18-10-5-4-6-11-18/h4-6,10-11,19-20H,7-9,12-17,26H2,1-3H3,(H,29,34)(H3,27,28,30,32)/t19-,20+/m1/s1. The minimum absolute atomic E-state index is 0.00473. The lowest BCUT2D eigenvalue weighted by atomic mass is 10.2. The van der Waals surface area contributed by atoms with E-state index in [9.17, 15) is 14.4 Å². The number of rotatable bonds is 11. The molecule has 1 heterocycles. The van der Waals surface area contributed by atoms with Crippen LogP contribution in [0.2, 0.25) is 0 Å². The lowest BCUT2D eigenvalue weighted by Crippen LogP contribution is -2.54. The third-order valence-electron chi connectivity index (χ3n) is 5.35. The molecule has 1 aliphatic rings. The van der Waals surface area contributed by atoms with Crippen LogP contribution in [0, 0.1) is 0 Å². The molecule has 0 saturated carbocycles. The summed E-state index contributed by atoms with van der Waals surface area (Å²) in [5.74, 6) is -0.713. The summed E-state index contributed by atoms with van der Waals surface area (Å²) in [5.41, 5.74) is 12.4. The number of nitrogens with two attached hydrogens (primary N) is 2. The third kappa shape index (κ3) is 10.6. The second-order valence-corrected chi connectivity index (χ2v) is 9.69. The number of hydrogen-bond acceptors (Lipinski definition) is 7. The molecule has 0 spiro atoms. The van der Waals surface area contributed by atoms with Crippen LogP contribution in [0.5, 0.6) is 0 Å². The first-order chi connectivity index (χ1) is 17.1. The molecule has 11 heteroatoms. The number of alkyl carbamates (subject to hydrolysis) is 1. The predicted molar refractivity (Wildman–Crippen MR) is 137 cm³/mol. The van der Waals surface area contributed by atoms with Crippen molar-refractivity contribution in [3.8, 4) is 0 Å². The Morgan fingerprint density at radius 1 is 1.19 bits per heavy atom. The molecule has 1 saturated heterocycles. The summed E-state index contributed by atoms with van der Waals surface area (Å²) in [7, 11) is 0. The van der Waals surface area contributed by atoms with E-state index < -0.39 is 23.8 Å². The smallest absolute Gasteiger partial charge is 0.407 e. The molecule has 36 heavy (non-hydrogen) atoms. The Labute approximate surface area is 213 Å². The molecule has 2 atom stereocenters. The number of carbonyl (C=O) groups is 3. The van der Waals surface area contributed by atoms with Crippen molar-refractivity contribution < 1.29 is 23.9 Å². The molecule has 3 amide bonds. The zero-order valence-electron chi connectivity index (χ0n) is 21.5. The molecule has 11 nitrogen and oxygen atoms in total. The van der Waals surface area contributed by atoms with E-state index in [0.29, 0.717) is 51.9 Å². The number of likely N-dealkylation sites (tertiary alicyclic amines) is 1. The van der Waals surface area contributed by atoms with Crippen LogP contribution < -0.4 is 22.1 Å². The monoisotopic (exact) mass is 504 g/mol. The maximum Gasteiger partial charge on any atom is 0.407 e. The normalized spacial score (nSPS) is 16.9. The Bertz CT molecular complexity index is 887. The van der Waals surface area contributed by atoms with E-state index in [0.717, 1.165) is 5.56 Å². The molecule has 0 radical (unpaired) electrons. The number of benzene rings is 1. The Kier molecular flexibility index (Phi) is 11.6. The van der Waals surface area contributed by atoms with E-state index in [1.54, 1.807) is 20.8 Å². The number of nitrogens with zero attached hydrogens (tertiary/aromatic N) is 2. The second-order valence-electron chi connectivity index (χ2n) is 9.69. The van der Waals surface area contributed by atoms with Gasteiger partial charge >= 0.3 is 6.09 Å². The van der Waals surface area contributed by atoms with Crippen molar-refractivity contribution in [2.75, 3.05) is 26.2 Å². The molecule has 0 bridgehead atoms. The maximum atomic E-state index is 12.8. The number of unbranched alkanes of at least 4 members (excludes halogenated alkanes) is 1. The van der Waals surface area contributed by atoms with E-state index >= 15 is 0 Å². The highest BCUT2D eigenvalue weighted by molar-refractivity contribution is 6.00. The van der Waals surface area contributed by atoms with Gasteiger partial charge in [0.15, 0.2) is 5.96 Å². The lowest BCUT2D eigenvalue weighted by molar-refractivity contribution is -0.140. The number of aliphatic imine (C=N–C) groups is 1. The van der Waals surface area contributed by atoms with Crippen molar-refractivity contribution in [1.82, 2.24) is 15.5 Å². The van der Waals surface area contributed by atoms with E-state index in [-0.39, 0.29) is 24.4 Å². The molecule has 1 aromatic rings. The van der Waals surface area contributed by atoms with Crippen molar-refractivity contribution in [2.24, 2.45) is 16.5 Å². The highest BCUT2D eigenvalue weighted by atomic mass is 16.6. The fourth-order valence-electron chi connectivity index (χ4n) is 3.66. The van der Waals surface area contributed by atoms with Crippen LogP contribution in [-0.4, -0.2) is 72.7 Å². The summed E-state index contributed by atoms with van der Waals surface area (Å²) in [5, 5.41) is 5.25. The van der Waals surface area contributed by atoms with E-state index in [1.165, 1.54) is 4.90 Å². The predicted octanol–water partition coefficient (Wildman–Crippen LogP) is 1.26. The first kappa shape index (κ1) is 29.1. The molecule has 1 aliphatic heterocycles. The first-order valence-electron chi connectivity index (χ1n) is 12.3. The van der Waals surface area contributed by atoms with Gasteiger partial charge < -0.3 is 31.2 Å². The third-order valence-corrected chi connectivity index (χ3v) is 5.35. The zero-order valence-corrected chi connectivity index (χ0v) is 21.5. The highest BCUT2D eigenvalue weighted by Crippen LogP contribution is 2.18. The van der Waals surface area contributed by atoms with Crippen molar-refractivity contribution in [1.29, 1.82) is 0 Å². The van der Waals surface area contributed by atoms with Gasteiger partial charge in [0.25, 0.3) is 0 Å². The number of nitrogens with one attached hydrogen (secondary N) is 2. The van der Waals surface area contributed by atoms with Gasteiger partial charge in [-0.25, -0.2) is 4.79 Å². The van der Waals surface area contributed by atoms with Crippen LogP contribution in [0.25, 0.3) is 0 Å². The summed E-state index contributed by atoms with van der Waals surface area (Å²) in [4.78, 5) is 42.8. The van der Waals surface area contributed by atoms with Crippen molar-refractivity contribution >= 4 is 23.9 Å². The Hall–Kier alpha value is -3.18. The molecular weight excluding hydrogens is 464 g/mol. The number of hydrogen-bond donors (Lipinski definition) is 4. The van der Waals surface area contributed by atoms with Crippen LogP contribution in [-0.2, 0) is 25.7 Å². The Morgan fingerprint density at radius 2 is 1.92 bits per heavy atom. The fraction of sp³-hybridized carbons (Fsp3) is 0.600. The first-order valence-corrected chi connectivity index (χ1v) is 12.3. The largest absolute Gasteiger partial charge is 0.444 e. The minimum atomic E-state index is -0.859. The van der Waals surface area contributed by atoms with Gasteiger partial charge in [-0.3, -0.25) is 19.9 Å². The van der Waals surface area contributed by atoms with Crippen LogP contribution in [0.1, 0.15) is 52.0 Å². The SMILES string of the molecule is CC(C)(C)OC(=O)NCCCCN=C(N)NC(=O)[C@@H]1CCCN1C(=O)[C@H](N)COCc1ccccc1. The van der Waals surface area contributed by atoms with Crippen molar-refractivity contribution in [3.63, 3.8) is 0 Å². The van der Waals surface area contributed by atoms with E-state index in [4.69, 9.17) is 20.9 Å². The molecule has 1 aromatic carbocycles. The van der Waals surface area contributed by atoms with Gasteiger partial charge in [0.1, 0.15) is 17.7 Å². The molecule has 0 aliphatic carbocycles. The summed E-state index contributed by atoms with van der Waals surface area (Å²) in [6.45, 7) is 7.11. The van der Waals surface area contributed by atoms with Crippen LogP contribution >= 0.6 is 0 Å². The summed E-state index contributed by atoms with van der Waals surface area (Å²) >= 11 is 0.